The smallest absolute Gasteiger partial charge is 0.327 e. The molecule has 0 spiro atoms. The highest BCUT2D eigenvalue weighted by Gasteiger charge is 2.40. The van der Waals surface area contributed by atoms with Crippen LogP contribution in [0, 0.1) is 0 Å². The normalized spacial score (nSPS) is 18.8. The summed E-state index contributed by atoms with van der Waals surface area (Å²) in [6.45, 7) is 1.77. The number of carboxylic acids is 1. The molecule has 0 fully saturated rings. The van der Waals surface area contributed by atoms with Crippen molar-refractivity contribution in [2.24, 2.45) is 5.73 Å². The average molecular weight is 317 g/mol. The molecule has 0 unspecified atom stereocenters. The molecule has 0 saturated carbocycles. The minimum Gasteiger partial charge on any atom is -0.480 e. The van der Waals surface area contributed by atoms with Crippen LogP contribution in [0.3, 0.4) is 0 Å². The number of carbonyl (C=O) groups is 2. The zero-order chi connectivity index (χ0) is 15.0. The van der Waals surface area contributed by atoms with Crippen LogP contribution in [-0.4, -0.2) is 29.1 Å². The number of carboxylic acid groups (broad SMARTS) is 1. The van der Waals surface area contributed by atoms with Gasteiger partial charge >= 0.3 is 5.97 Å². The monoisotopic (exact) mass is 316 g/mol. The number of hydrogen-bond acceptors (Lipinski definition) is 3. The molecular weight excluding hydrogens is 303 g/mol. The van der Waals surface area contributed by atoms with Gasteiger partial charge in [0.1, 0.15) is 6.04 Å². The summed E-state index contributed by atoms with van der Waals surface area (Å²) in [6.07, 6.45) is 0.627. The molecule has 20 heavy (non-hydrogen) atoms. The van der Waals surface area contributed by atoms with Gasteiger partial charge in [-0.05, 0) is 24.1 Å². The third kappa shape index (κ3) is 2.49. The van der Waals surface area contributed by atoms with Gasteiger partial charge in [-0.1, -0.05) is 30.1 Å². The van der Waals surface area contributed by atoms with Crippen LogP contribution in [0.4, 0.5) is 5.69 Å². The summed E-state index contributed by atoms with van der Waals surface area (Å²) in [5, 5.41) is 9.91. The number of nitrogens with zero attached hydrogens (tertiary/aromatic N) is 1. The molecule has 1 aliphatic heterocycles. The van der Waals surface area contributed by atoms with E-state index in [4.69, 9.17) is 28.9 Å². The van der Waals surface area contributed by atoms with E-state index in [1.807, 2.05) is 0 Å². The van der Waals surface area contributed by atoms with Crippen LogP contribution in [0.2, 0.25) is 10.0 Å². The Balaban J connectivity index is 2.50. The lowest BCUT2D eigenvalue weighted by Gasteiger charge is -2.25. The second kappa shape index (κ2) is 5.60. The van der Waals surface area contributed by atoms with Crippen molar-refractivity contribution in [1.29, 1.82) is 0 Å². The first-order valence-electron chi connectivity index (χ1n) is 6.16. The quantitative estimate of drug-likeness (QED) is 0.894. The van der Waals surface area contributed by atoms with Gasteiger partial charge < -0.3 is 10.8 Å². The Bertz CT molecular complexity index is 577. The number of hydrogen-bond donors (Lipinski definition) is 2. The Labute approximate surface area is 126 Å². The fourth-order valence-electron chi connectivity index (χ4n) is 2.26. The van der Waals surface area contributed by atoms with Crippen LogP contribution >= 0.6 is 23.2 Å². The second-order valence-corrected chi connectivity index (χ2v) is 5.49. The van der Waals surface area contributed by atoms with Gasteiger partial charge in [0, 0.05) is 12.1 Å². The average Bonchev–Trinajstić information content (AvgIpc) is 2.76. The summed E-state index contributed by atoms with van der Waals surface area (Å²) in [6, 6.07) is 1.41. The number of amides is 1. The van der Waals surface area contributed by atoms with E-state index in [0.29, 0.717) is 22.7 Å². The van der Waals surface area contributed by atoms with Gasteiger partial charge in [-0.2, -0.15) is 0 Å². The predicted molar refractivity (Wildman–Crippen MR) is 77.3 cm³/mol. The predicted octanol–water partition coefficient (Wildman–Crippen LogP) is 2.07. The number of nitrogens with two attached hydrogens (primary N) is 1. The maximum atomic E-state index is 12.3. The lowest BCUT2D eigenvalue weighted by atomic mass is 10.1. The van der Waals surface area contributed by atoms with Gasteiger partial charge in [-0.25, -0.2) is 4.79 Å². The second-order valence-electron chi connectivity index (χ2n) is 4.68. The van der Waals surface area contributed by atoms with Gasteiger partial charge in [0.15, 0.2) is 0 Å². The van der Waals surface area contributed by atoms with Crippen LogP contribution in [0.25, 0.3) is 0 Å². The van der Waals surface area contributed by atoms with Crippen molar-refractivity contribution in [2.75, 3.05) is 4.90 Å². The van der Waals surface area contributed by atoms with Crippen LogP contribution in [0.1, 0.15) is 18.9 Å². The Hall–Kier alpha value is -1.30. The Morgan fingerprint density at radius 2 is 2.05 bits per heavy atom. The molecule has 1 aromatic rings. The molecule has 0 aliphatic carbocycles. The van der Waals surface area contributed by atoms with Crippen molar-refractivity contribution in [1.82, 2.24) is 0 Å². The first-order valence-corrected chi connectivity index (χ1v) is 6.91. The molecule has 7 heteroatoms. The fraction of sp³-hybridized carbons (Fsp3) is 0.385. The number of aliphatic carboxylic acids is 1. The van der Waals surface area contributed by atoms with E-state index in [0.717, 1.165) is 0 Å². The van der Waals surface area contributed by atoms with E-state index in [1.165, 1.54) is 11.0 Å². The highest BCUT2D eigenvalue weighted by atomic mass is 35.5. The molecule has 1 aliphatic rings. The molecular formula is C13H14Cl2N2O3. The maximum absolute atomic E-state index is 12.3. The summed E-state index contributed by atoms with van der Waals surface area (Å²) < 4.78 is 0. The zero-order valence-corrected chi connectivity index (χ0v) is 12.3. The third-order valence-corrected chi connectivity index (χ3v) is 4.11. The summed E-state index contributed by atoms with van der Waals surface area (Å²) in [4.78, 5) is 24.9. The lowest BCUT2D eigenvalue weighted by molar-refractivity contribution is -0.140. The van der Waals surface area contributed by atoms with Crippen LogP contribution in [0.5, 0.6) is 0 Å². The molecule has 0 bridgehead atoms. The van der Waals surface area contributed by atoms with E-state index in [1.54, 1.807) is 13.0 Å². The topological polar surface area (TPSA) is 83.6 Å². The van der Waals surface area contributed by atoms with Crippen molar-refractivity contribution >= 4 is 40.8 Å². The van der Waals surface area contributed by atoms with Crippen molar-refractivity contribution in [3.05, 3.63) is 27.7 Å². The summed E-state index contributed by atoms with van der Waals surface area (Å²) in [5.74, 6) is -1.50. The maximum Gasteiger partial charge on any atom is 0.327 e. The summed E-state index contributed by atoms with van der Waals surface area (Å²) in [7, 11) is 0. The number of halogens is 2. The molecule has 108 valence electrons. The van der Waals surface area contributed by atoms with Gasteiger partial charge in [0.2, 0.25) is 5.91 Å². The van der Waals surface area contributed by atoms with E-state index in [9.17, 15) is 14.7 Å². The molecule has 1 aromatic carbocycles. The van der Waals surface area contributed by atoms with E-state index in [2.05, 4.69) is 0 Å². The molecule has 0 radical (unpaired) electrons. The molecule has 1 amide bonds. The number of anilines is 1. The minimum absolute atomic E-state index is 0.198. The van der Waals surface area contributed by atoms with E-state index >= 15 is 0 Å². The van der Waals surface area contributed by atoms with E-state index < -0.39 is 24.0 Å². The van der Waals surface area contributed by atoms with Crippen LogP contribution in [-0.2, 0) is 16.0 Å². The molecule has 0 saturated heterocycles. The molecule has 0 aromatic heterocycles. The van der Waals surface area contributed by atoms with Gasteiger partial charge in [-0.3, -0.25) is 9.69 Å². The van der Waals surface area contributed by atoms with Gasteiger partial charge in [-0.15, -0.1) is 0 Å². The van der Waals surface area contributed by atoms with E-state index in [-0.39, 0.29) is 11.4 Å². The Kier molecular flexibility index (Phi) is 4.22. The molecule has 3 N–H and O–H groups in total. The standard InChI is InChI=1S/C13H14Cl2N2O3/c1-2-9(16)12(18)17-10-5-8(15)7(14)3-6(10)4-11(17)13(19)20/h3,5,9,11H,2,4,16H2,1H3,(H,19,20)/t9-,11-/m0/s1. The highest BCUT2D eigenvalue weighted by molar-refractivity contribution is 6.42. The number of fused-ring (bicyclic) bond motifs is 1. The highest BCUT2D eigenvalue weighted by Crippen LogP contribution is 2.38. The van der Waals surface area contributed by atoms with Crippen molar-refractivity contribution in [3.8, 4) is 0 Å². The number of carbonyl (C=O) groups excluding carboxylic acids is 1. The molecule has 2 rings (SSSR count). The Morgan fingerprint density at radius 3 is 2.60 bits per heavy atom. The first-order chi connectivity index (χ1) is 9.36. The number of rotatable bonds is 3. The largest absolute Gasteiger partial charge is 0.480 e. The zero-order valence-electron chi connectivity index (χ0n) is 10.8. The van der Waals surface area contributed by atoms with Crippen LogP contribution < -0.4 is 10.6 Å². The minimum atomic E-state index is -1.08. The molecule has 1 heterocycles. The van der Waals surface area contributed by atoms with Crippen molar-refractivity contribution < 1.29 is 14.7 Å². The van der Waals surface area contributed by atoms with Crippen molar-refractivity contribution in [3.63, 3.8) is 0 Å². The summed E-state index contributed by atoms with van der Waals surface area (Å²) >= 11 is 11.9. The fourth-order valence-corrected chi connectivity index (χ4v) is 2.60. The van der Waals surface area contributed by atoms with Gasteiger partial charge in [0.05, 0.1) is 16.1 Å². The van der Waals surface area contributed by atoms with Crippen molar-refractivity contribution in [2.45, 2.75) is 31.8 Å². The lowest BCUT2D eigenvalue weighted by Crippen LogP contribution is -2.50. The van der Waals surface area contributed by atoms with Crippen LogP contribution in [0.15, 0.2) is 12.1 Å². The SMILES string of the molecule is CC[C@H](N)C(=O)N1c2cc(Cl)c(Cl)cc2C[C@H]1C(=O)O. The molecule has 2 atom stereocenters. The first kappa shape index (κ1) is 15.1. The Morgan fingerprint density at radius 1 is 1.45 bits per heavy atom. The third-order valence-electron chi connectivity index (χ3n) is 3.39. The number of benzene rings is 1. The molecule has 5 nitrogen and oxygen atoms in total. The summed E-state index contributed by atoms with van der Waals surface area (Å²) in [5.41, 5.74) is 6.90. The van der Waals surface area contributed by atoms with Gasteiger partial charge in [0.25, 0.3) is 0 Å².